The third kappa shape index (κ3) is 3.55. The topological polar surface area (TPSA) is 49.9 Å². The van der Waals surface area contributed by atoms with Crippen LogP contribution in [0.15, 0.2) is 11.6 Å². The smallest absolute Gasteiger partial charge is 0.411 e. The Hall–Kier alpha value is -1.36. The lowest BCUT2D eigenvalue weighted by atomic mass is 9.97. The molecule has 5 heteroatoms. The highest BCUT2D eigenvalue weighted by Gasteiger charge is 2.64. The van der Waals surface area contributed by atoms with Gasteiger partial charge in [0.05, 0.1) is 11.6 Å². The summed E-state index contributed by atoms with van der Waals surface area (Å²) in [6, 6.07) is 0.108. The van der Waals surface area contributed by atoms with Crippen LogP contribution in [-0.4, -0.2) is 58.5 Å². The molecule has 1 aliphatic carbocycles. The highest BCUT2D eigenvalue weighted by molar-refractivity contribution is 6.01. The second-order valence-electron chi connectivity index (χ2n) is 9.53. The first-order valence-corrected chi connectivity index (χ1v) is 10.0. The van der Waals surface area contributed by atoms with Crippen molar-refractivity contribution in [1.29, 1.82) is 0 Å². The van der Waals surface area contributed by atoms with Crippen molar-refractivity contribution in [2.45, 2.75) is 89.9 Å². The molecule has 1 amide bonds. The molecule has 5 nitrogen and oxygen atoms in total. The van der Waals surface area contributed by atoms with E-state index in [1.165, 1.54) is 0 Å². The Balaban J connectivity index is 1.81. The predicted octanol–water partition coefficient (Wildman–Crippen LogP) is 3.77. The molecule has 1 saturated carbocycles. The monoisotopic (exact) mass is 362 g/mol. The molecule has 0 bridgehead atoms. The van der Waals surface area contributed by atoms with Gasteiger partial charge in [-0.1, -0.05) is 13.0 Å². The quantitative estimate of drug-likeness (QED) is 0.750. The molecule has 0 radical (unpaired) electrons. The van der Waals surface area contributed by atoms with E-state index in [4.69, 9.17) is 4.74 Å². The van der Waals surface area contributed by atoms with Gasteiger partial charge < -0.3 is 9.64 Å². The fraction of sp³-hybridized carbons (Fsp3) is 0.810. The van der Waals surface area contributed by atoms with Gasteiger partial charge in [-0.2, -0.15) is 0 Å². The highest BCUT2D eigenvalue weighted by Crippen LogP contribution is 2.57. The fourth-order valence-electron chi connectivity index (χ4n) is 4.53. The van der Waals surface area contributed by atoms with E-state index in [0.29, 0.717) is 12.0 Å². The Bertz CT molecular complexity index is 621. The van der Waals surface area contributed by atoms with Gasteiger partial charge in [0.15, 0.2) is 5.78 Å². The Labute approximate surface area is 157 Å². The standard InChI is InChI=1S/C21H34N2O3/c1-14-13-21(14)11-9-17(23(21)19(25)26-20(3,4)5)18(24)16-8-7-15(2)22(6)12-10-16/h10,14-15,17H,7-9,11-13H2,1-6H3/t14?,15-,17+,21?/m1/s1. The van der Waals surface area contributed by atoms with Crippen molar-refractivity contribution in [1.82, 2.24) is 9.80 Å². The number of likely N-dealkylation sites (N-methyl/N-ethyl adjacent to an activating group) is 1. The maximum atomic E-state index is 13.3. The number of rotatable bonds is 2. The Morgan fingerprint density at radius 2 is 1.88 bits per heavy atom. The molecule has 3 rings (SSSR count). The van der Waals surface area contributed by atoms with Crippen LogP contribution in [0.4, 0.5) is 4.79 Å². The van der Waals surface area contributed by atoms with Crippen LogP contribution in [-0.2, 0) is 9.53 Å². The Kier molecular flexibility index (Phi) is 4.97. The number of hydrogen-bond acceptors (Lipinski definition) is 4. The Morgan fingerprint density at radius 1 is 1.23 bits per heavy atom. The van der Waals surface area contributed by atoms with E-state index in [0.717, 1.165) is 44.2 Å². The summed E-state index contributed by atoms with van der Waals surface area (Å²) in [5.74, 6) is 0.580. The van der Waals surface area contributed by atoms with Gasteiger partial charge in [-0.05, 0) is 78.3 Å². The average molecular weight is 363 g/mol. The van der Waals surface area contributed by atoms with Crippen molar-refractivity contribution in [3.63, 3.8) is 0 Å². The summed E-state index contributed by atoms with van der Waals surface area (Å²) < 4.78 is 5.68. The number of amides is 1. The van der Waals surface area contributed by atoms with Crippen LogP contribution in [0.1, 0.15) is 66.7 Å². The van der Waals surface area contributed by atoms with Gasteiger partial charge in [0, 0.05) is 12.6 Å². The van der Waals surface area contributed by atoms with E-state index in [2.05, 4.69) is 31.9 Å². The molecule has 146 valence electrons. The number of ketones is 1. The van der Waals surface area contributed by atoms with Crippen molar-refractivity contribution in [2.24, 2.45) is 5.92 Å². The third-order valence-corrected chi connectivity index (χ3v) is 6.48. The Morgan fingerprint density at radius 3 is 2.46 bits per heavy atom. The minimum absolute atomic E-state index is 0.134. The first-order chi connectivity index (χ1) is 12.0. The summed E-state index contributed by atoms with van der Waals surface area (Å²) in [7, 11) is 2.10. The van der Waals surface area contributed by atoms with E-state index in [9.17, 15) is 9.59 Å². The van der Waals surface area contributed by atoms with Gasteiger partial charge in [0.2, 0.25) is 0 Å². The van der Waals surface area contributed by atoms with E-state index >= 15 is 0 Å². The number of hydrogen-bond donors (Lipinski definition) is 0. The zero-order chi connectivity index (χ0) is 19.3. The zero-order valence-corrected chi connectivity index (χ0v) is 17.2. The lowest BCUT2D eigenvalue weighted by Gasteiger charge is -2.33. The van der Waals surface area contributed by atoms with Crippen LogP contribution >= 0.6 is 0 Å². The van der Waals surface area contributed by atoms with Gasteiger partial charge in [0.25, 0.3) is 0 Å². The zero-order valence-electron chi connectivity index (χ0n) is 17.2. The minimum atomic E-state index is -0.549. The molecular formula is C21H34N2O3. The van der Waals surface area contributed by atoms with Crippen LogP contribution < -0.4 is 0 Å². The summed E-state index contributed by atoms with van der Waals surface area (Å²) in [4.78, 5) is 30.4. The fourth-order valence-corrected chi connectivity index (χ4v) is 4.53. The maximum absolute atomic E-state index is 13.3. The first kappa shape index (κ1) is 19.4. The second kappa shape index (κ2) is 6.66. The van der Waals surface area contributed by atoms with Crippen LogP contribution in [0.5, 0.6) is 0 Å². The molecule has 2 fully saturated rings. The van der Waals surface area contributed by atoms with E-state index < -0.39 is 5.60 Å². The molecule has 4 atom stereocenters. The lowest BCUT2D eigenvalue weighted by molar-refractivity contribution is -0.120. The predicted molar refractivity (Wildman–Crippen MR) is 102 cm³/mol. The molecule has 0 aromatic heterocycles. The summed E-state index contributed by atoms with van der Waals surface area (Å²) in [6.07, 6.45) is 6.17. The molecule has 2 heterocycles. The molecule has 2 unspecified atom stereocenters. The van der Waals surface area contributed by atoms with Crippen molar-refractivity contribution < 1.29 is 14.3 Å². The van der Waals surface area contributed by atoms with Crippen LogP contribution in [0, 0.1) is 5.92 Å². The minimum Gasteiger partial charge on any atom is -0.444 e. The molecule has 0 aromatic rings. The largest absolute Gasteiger partial charge is 0.444 e. The van der Waals surface area contributed by atoms with Gasteiger partial charge in [-0.15, -0.1) is 0 Å². The maximum Gasteiger partial charge on any atom is 0.411 e. The number of Topliss-reactive ketones (excluding diaryl/α,β-unsaturated/α-hetero) is 1. The second-order valence-corrected chi connectivity index (χ2v) is 9.53. The highest BCUT2D eigenvalue weighted by atomic mass is 16.6. The summed E-state index contributed by atoms with van der Waals surface area (Å²) in [5.41, 5.74) is 0.190. The summed E-state index contributed by atoms with van der Waals surface area (Å²) >= 11 is 0. The van der Waals surface area contributed by atoms with Gasteiger partial charge in [0.1, 0.15) is 5.60 Å². The van der Waals surface area contributed by atoms with Gasteiger partial charge >= 0.3 is 6.09 Å². The van der Waals surface area contributed by atoms with E-state index in [-0.39, 0.29) is 23.5 Å². The molecule has 0 N–H and O–H groups in total. The molecule has 1 spiro atoms. The number of ether oxygens (including phenoxy) is 1. The van der Waals surface area contributed by atoms with Crippen LogP contribution in [0.25, 0.3) is 0 Å². The molecule has 26 heavy (non-hydrogen) atoms. The van der Waals surface area contributed by atoms with Crippen molar-refractivity contribution in [3.8, 4) is 0 Å². The normalized spacial score (nSPS) is 35.2. The number of nitrogens with zero attached hydrogens (tertiary/aromatic N) is 2. The molecule has 0 aromatic carbocycles. The third-order valence-electron chi connectivity index (χ3n) is 6.48. The number of carbonyl (C=O) groups excluding carboxylic acids is 2. The van der Waals surface area contributed by atoms with Crippen molar-refractivity contribution in [3.05, 3.63) is 11.6 Å². The molecule has 2 aliphatic heterocycles. The van der Waals surface area contributed by atoms with Crippen molar-refractivity contribution in [2.75, 3.05) is 13.6 Å². The van der Waals surface area contributed by atoms with Crippen LogP contribution in [0.2, 0.25) is 0 Å². The van der Waals surface area contributed by atoms with E-state index in [1.54, 1.807) is 0 Å². The first-order valence-electron chi connectivity index (χ1n) is 10.0. The molecule has 1 saturated heterocycles. The van der Waals surface area contributed by atoms with Gasteiger partial charge in [-0.3, -0.25) is 9.69 Å². The summed E-state index contributed by atoms with van der Waals surface area (Å²) in [5, 5.41) is 0. The van der Waals surface area contributed by atoms with Gasteiger partial charge in [-0.25, -0.2) is 4.79 Å². The average Bonchev–Trinajstić information content (AvgIpc) is 3.05. The van der Waals surface area contributed by atoms with Crippen molar-refractivity contribution >= 4 is 11.9 Å². The van der Waals surface area contributed by atoms with Crippen LogP contribution in [0.3, 0.4) is 0 Å². The molecule has 3 aliphatic rings. The summed E-state index contributed by atoms with van der Waals surface area (Å²) in [6.45, 7) is 10.8. The number of carbonyl (C=O) groups is 2. The molecular weight excluding hydrogens is 328 g/mol. The number of likely N-dealkylation sites (tertiary alicyclic amines) is 1. The SMILES string of the molecule is CC1CC12CC[C@@H](C(=O)C1=CCN(C)[C@H](C)CC1)N2C(=O)OC(C)(C)C. The lowest BCUT2D eigenvalue weighted by Crippen LogP contribution is -2.49. The van der Waals surface area contributed by atoms with E-state index in [1.807, 2.05) is 25.7 Å².